The van der Waals surface area contributed by atoms with Gasteiger partial charge in [0, 0.05) is 32.5 Å². The van der Waals surface area contributed by atoms with Crippen molar-refractivity contribution in [1.29, 1.82) is 0 Å². The van der Waals surface area contributed by atoms with Gasteiger partial charge in [0.25, 0.3) is 0 Å². The van der Waals surface area contributed by atoms with Crippen molar-refractivity contribution in [2.45, 2.75) is 25.9 Å². The second kappa shape index (κ2) is 6.86. The van der Waals surface area contributed by atoms with Crippen LogP contribution >= 0.6 is 0 Å². The number of nitrogens with zero attached hydrogens (tertiary/aromatic N) is 3. The monoisotopic (exact) mass is 274 g/mol. The van der Waals surface area contributed by atoms with E-state index < -0.39 is 10.0 Å². The zero-order valence-corrected chi connectivity index (χ0v) is 12.0. The number of sulfonamides is 1. The molecular formula is C11H22N4O2S. The van der Waals surface area contributed by atoms with Crippen molar-refractivity contribution < 1.29 is 8.42 Å². The van der Waals surface area contributed by atoms with E-state index in [1.807, 2.05) is 16.9 Å². The van der Waals surface area contributed by atoms with Gasteiger partial charge in [-0.1, -0.05) is 0 Å². The van der Waals surface area contributed by atoms with Crippen molar-refractivity contribution in [2.24, 2.45) is 0 Å². The number of aromatic nitrogens is 2. The molecule has 0 amide bonds. The van der Waals surface area contributed by atoms with Crippen molar-refractivity contribution in [2.75, 3.05) is 26.4 Å². The van der Waals surface area contributed by atoms with Crippen LogP contribution in [-0.2, 0) is 16.6 Å². The van der Waals surface area contributed by atoms with Crippen LogP contribution in [0, 0.1) is 0 Å². The molecule has 0 radical (unpaired) electrons. The predicted octanol–water partition coefficient (Wildman–Crippen LogP) is 0.143. The minimum atomic E-state index is -3.07. The Bertz CT molecular complexity index is 428. The van der Waals surface area contributed by atoms with E-state index >= 15 is 0 Å². The van der Waals surface area contributed by atoms with Crippen molar-refractivity contribution in [1.82, 2.24) is 19.4 Å². The summed E-state index contributed by atoms with van der Waals surface area (Å²) in [4.78, 5) is 0. The van der Waals surface area contributed by atoms with Gasteiger partial charge in [0.05, 0.1) is 12.3 Å². The van der Waals surface area contributed by atoms with Gasteiger partial charge in [-0.15, -0.1) is 0 Å². The van der Waals surface area contributed by atoms with E-state index in [1.165, 1.54) is 4.31 Å². The van der Waals surface area contributed by atoms with E-state index in [-0.39, 0.29) is 11.8 Å². The van der Waals surface area contributed by atoms with Crippen LogP contribution in [0.15, 0.2) is 18.5 Å². The van der Waals surface area contributed by atoms with Crippen LogP contribution in [0.2, 0.25) is 0 Å². The first-order chi connectivity index (χ1) is 8.42. The summed E-state index contributed by atoms with van der Waals surface area (Å²) in [5, 5.41) is 7.41. The average Bonchev–Trinajstić information content (AvgIpc) is 2.77. The van der Waals surface area contributed by atoms with E-state index in [4.69, 9.17) is 0 Å². The van der Waals surface area contributed by atoms with Gasteiger partial charge in [0.15, 0.2) is 0 Å². The van der Waals surface area contributed by atoms with Gasteiger partial charge in [-0.05, 0) is 26.0 Å². The molecular weight excluding hydrogens is 252 g/mol. The van der Waals surface area contributed by atoms with Gasteiger partial charge < -0.3 is 5.32 Å². The lowest BCUT2D eigenvalue weighted by atomic mass is 10.3. The summed E-state index contributed by atoms with van der Waals surface area (Å²) in [6.45, 7) is 3.53. The van der Waals surface area contributed by atoms with Gasteiger partial charge in [-0.3, -0.25) is 4.68 Å². The highest BCUT2D eigenvalue weighted by molar-refractivity contribution is 7.89. The van der Waals surface area contributed by atoms with Crippen LogP contribution in [0.4, 0.5) is 0 Å². The second-order valence-corrected chi connectivity index (χ2v) is 6.84. The van der Waals surface area contributed by atoms with E-state index in [9.17, 15) is 8.42 Å². The Kier molecular flexibility index (Phi) is 5.77. The molecule has 6 nitrogen and oxygen atoms in total. The predicted molar refractivity (Wildman–Crippen MR) is 71.8 cm³/mol. The Labute approximate surface area is 109 Å². The zero-order chi connectivity index (χ0) is 13.6. The minimum Gasteiger partial charge on any atom is -0.312 e. The fourth-order valence-electron chi connectivity index (χ4n) is 1.54. The van der Waals surface area contributed by atoms with Gasteiger partial charge in [-0.25, -0.2) is 12.7 Å². The first-order valence-corrected chi connectivity index (χ1v) is 7.64. The Morgan fingerprint density at radius 3 is 2.72 bits per heavy atom. The summed E-state index contributed by atoms with van der Waals surface area (Å²) >= 11 is 0. The van der Waals surface area contributed by atoms with Crippen molar-refractivity contribution in [3.05, 3.63) is 18.5 Å². The minimum absolute atomic E-state index is 0.182. The van der Waals surface area contributed by atoms with Crippen molar-refractivity contribution in [3.63, 3.8) is 0 Å². The smallest absolute Gasteiger partial charge is 0.213 e. The second-order valence-electron chi connectivity index (χ2n) is 4.54. The van der Waals surface area contributed by atoms with E-state index in [0.29, 0.717) is 13.0 Å². The van der Waals surface area contributed by atoms with Crippen LogP contribution in [0.1, 0.15) is 13.3 Å². The normalized spacial score (nSPS) is 14.0. The molecule has 0 aliphatic carbocycles. The average molecular weight is 274 g/mol. The van der Waals surface area contributed by atoms with Crippen LogP contribution in [-0.4, -0.2) is 54.9 Å². The molecule has 1 aromatic heterocycles. The Morgan fingerprint density at radius 1 is 1.44 bits per heavy atom. The maximum Gasteiger partial charge on any atom is 0.213 e. The first kappa shape index (κ1) is 15.1. The molecule has 1 heterocycles. The molecule has 0 bridgehead atoms. The highest BCUT2D eigenvalue weighted by atomic mass is 32.2. The standard InChI is InChI=1S/C11H22N4O2S/c1-11(10-15-8-4-7-13-15)12-6-5-9-18(16,17)14(2)3/h4,7-8,11-12H,5-6,9-10H2,1-3H3. The number of nitrogens with one attached hydrogen (secondary N) is 1. The summed E-state index contributed by atoms with van der Waals surface area (Å²) < 4.78 is 26.2. The van der Waals surface area contributed by atoms with E-state index in [0.717, 1.165) is 6.54 Å². The molecule has 1 atom stereocenters. The molecule has 18 heavy (non-hydrogen) atoms. The maximum absolute atomic E-state index is 11.5. The summed E-state index contributed by atoms with van der Waals surface area (Å²) in [5.41, 5.74) is 0. The van der Waals surface area contributed by atoms with Crippen LogP contribution in [0.3, 0.4) is 0 Å². The molecule has 1 unspecified atom stereocenters. The molecule has 0 saturated carbocycles. The van der Waals surface area contributed by atoms with Crippen LogP contribution in [0.25, 0.3) is 0 Å². The molecule has 1 rings (SSSR count). The Morgan fingerprint density at radius 2 is 2.17 bits per heavy atom. The highest BCUT2D eigenvalue weighted by Crippen LogP contribution is 1.97. The number of hydrogen-bond donors (Lipinski definition) is 1. The van der Waals surface area contributed by atoms with Crippen molar-refractivity contribution >= 4 is 10.0 Å². The van der Waals surface area contributed by atoms with Crippen LogP contribution < -0.4 is 5.32 Å². The quantitative estimate of drug-likeness (QED) is 0.685. The van der Waals surface area contributed by atoms with E-state index in [2.05, 4.69) is 17.3 Å². The molecule has 0 spiro atoms. The summed E-state index contributed by atoms with van der Waals surface area (Å²) in [5.74, 6) is 0.182. The lowest BCUT2D eigenvalue weighted by molar-refractivity contribution is 0.450. The zero-order valence-electron chi connectivity index (χ0n) is 11.2. The molecule has 0 fully saturated rings. The largest absolute Gasteiger partial charge is 0.312 e. The molecule has 1 N–H and O–H groups in total. The van der Waals surface area contributed by atoms with Gasteiger partial charge in [0.1, 0.15) is 0 Å². The van der Waals surface area contributed by atoms with Gasteiger partial charge in [-0.2, -0.15) is 5.10 Å². The van der Waals surface area contributed by atoms with Gasteiger partial charge in [0.2, 0.25) is 10.0 Å². The fraction of sp³-hybridized carbons (Fsp3) is 0.727. The third kappa shape index (κ3) is 5.16. The topological polar surface area (TPSA) is 67.2 Å². The van der Waals surface area contributed by atoms with Crippen LogP contribution in [0.5, 0.6) is 0 Å². The molecule has 0 aliphatic rings. The summed E-state index contributed by atoms with van der Waals surface area (Å²) in [7, 11) is 0.0470. The number of rotatable bonds is 8. The van der Waals surface area contributed by atoms with E-state index in [1.54, 1.807) is 20.3 Å². The van der Waals surface area contributed by atoms with Crippen molar-refractivity contribution in [3.8, 4) is 0 Å². The number of hydrogen-bond acceptors (Lipinski definition) is 4. The summed E-state index contributed by atoms with van der Waals surface area (Å²) in [6.07, 6.45) is 4.27. The molecule has 0 saturated heterocycles. The molecule has 1 aromatic rings. The Hall–Kier alpha value is -0.920. The maximum atomic E-state index is 11.5. The third-order valence-electron chi connectivity index (χ3n) is 2.65. The molecule has 104 valence electrons. The lowest BCUT2D eigenvalue weighted by Gasteiger charge is -2.15. The van der Waals surface area contributed by atoms with Gasteiger partial charge >= 0.3 is 0 Å². The highest BCUT2D eigenvalue weighted by Gasteiger charge is 2.12. The lowest BCUT2D eigenvalue weighted by Crippen LogP contribution is -2.33. The molecule has 0 aromatic carbocycles. The fourth-order valence-corrected chi connectivity index (χ4v) is 2.41. The Balaban J connectivity index is 2.18. The summed E-state index contributed by atoms with van der Waals surface area (Å²) in [6, 6.07) is 2.16. The molecule has 0 aliphatic heterocycles. The SMILES string of the molecule is CC(Cn1cccn1)NCCCS(=O)(=O)N(C)C. The molecule has 7 heteroatoms. The first-order valence-electron chi connectivity index (χ1n) is 6.03. The third-order valence-corrected chi connectivity index (χ3v) is 4.57.